The molecule has 216 valence electrons. The standard InChI is InChI=1S/C30H41N5O4S/c1-22-7-10-25(11-8-22)40(38,39)35-18-14-32-30(37)28(35)20-29(36)33-27-6-4-5-24-19-23(9-12-26(24)27)21-31-13-17-34-15-2-3-16-34/h7-12,19,27-28,31H,2-6,13-18,20-21H2,1H3,(H,32,37)(H,33,36)/t27-,28-/m1/s1. The van der Waals surface area contributed by atoms with Gasteiger partial charge < -0.3 is 20.9 Å². The molecule has 0 bridgehead atoms. The lowest BCUT2D eigenvalue weighted by molar-refractivity contribution is -0.132. The smallest absolute Gasteiger partial charge is 0.243 e. The Bertz CT molecular complexity index is 1310. The predicted molar refractivity (Wildman–Crippen MR) is 154 cm³/mol. The number of nitrogens with zero attached hydrogens (tertiary/aromatic N) is 2. The number of nitrogens with one attached hydrogen (secondary N) is 3. The van der Waals surface area contributed by atoms with E-state index < -0.39 is 22.0 Å². The molecular weight excluding hydrogens is 526 g/mol. The van der Waals surface area contributed by atoms with E-state index in [0.29, 0.717) is 0 Å². The third-order valence-corrected chi connectivity index (χ3v) is 10.2. The van der Waals surface area contributed by atoms with Crippen molar-refractivity contribution in [2.24, 2.45) is 0 Å². The number of carbonyl (C=O) groups excluding carboxylic acids is 2. The minimum Gasteiger partial charge on any atom is -0.353 e. The van der Waals surface area contributed by atoms with Crippen LogP contribution in [0.15, 0.2) is 47.4 Å². The third-order valence-electron chi connectivity index (χ3n) is 8.28. The van der Waals surface area contributed by atoms with Gasteiger partial charge >= 0.3 is 0 Å². The summed E-state index contributed by atoms with van der Waals surface area (Å²) in [5, 5.41) is 9.39. The van der Waals surface area contributed by atoms with Crippen molar-refractivity contribution >= 4 is 21.8 Å². The van der Waals surface area contributed by atoms with E-state index in [4.69, 9.17) is 0 Å². The fourth-order valence-corrected chi connectivity index (χ4v) is 7.64. The van der Waals surface area contributed by atoms with E-state index in [1.165, 1.54) is 41.4 Å². The molecule has 3 N–H and O–H groups in total. The summed E-state index contributed by atoms with van der Waals surface area (Å²) in [6.07, 6.45) is 5.14. The molecular formula is C30H41N5O4S. The van der Waals surface area contributed by atoms with Crippen LogP contribution in [0.5, 0.6) is 0 Å². The van der Waals surface area contributed by atoms with E-state index in [2.05, 4.69) is 39.0 Å². The first-order valence-electron chi connectivity index (χ1n) is 14.5. The van der Waals surface area contributed by atoms with Crippen molar-refractivity contribution in [1.82, 2.24) is 25.2 Å². The summed E-state index contributed by atoms with van der Waals surface area (Å²) in [5.74, 6) is -0.764. The first kappa shape index (κ1) is 28.7. The van der Waals surface area contributed by atoms with Gasteiger partial charge in [0.25, 0.3) is 0 Å². The Labute approximate surface area is 237 Å². The van der Waals surface area contributed by atoms with Crippen LogP contribution in [-0.2, 0) is 32.6 Å². The highest BCUT2D eigenvalue weighted by Gasteiger charge is 2.40. The summed E-state index contributed by atoms with van der Waals surface area (Å²) in [6.45, 7) is 7.52. The van der Waals surface area contributed by atoms with E-state index in [9.17, 15) is 18.0 Å². The van der Waals surface area contributed by atoms with Crippen LogP contribution in [0, 0.1) is 6.92 Å². The summed E-state index contributed by atoms with van der Waals surface area (Å²) in [6, 6.07) is 11.8. The van der Waals surface area contributed by atoms with Crippen molar-refractivity contribution < 1.29 is 18.0 Å². The average molecular weight is 568 g/mol. The number of aryl methyl sites for hydroxylation is 2. The SMILES string of the molecule is Cc1ccc(S(=O)(=O)N2CCNC(=O)[C@H]2CC(=O)N[C@@H]2CCCc3cc(CNCCN4CCCC4)ccc32)cc1. The molecule has 2 atom stereocenters. The second kappa shape index (κ2) is 12.8. The number of fused-ring (bicyclic) bond motifs is 1. The van der Waals surface area contributed by atoms with Crippen LogP contribution in [-0.4, -0.2) is 74.7 Å². The molecule has 2 aromatic rings. The Balaban J connectivity index is 1.20. The number of carbonyl (C=O) groups is 2. The summed E-state index contributed by atoms with van der Waals surface area (Å²) in [7, 11) is -3.92. The second-order valence-electron chi connectivity index (χ2n) is 11.2. The highest BCUT2D eigenvalue weighted by Crippen LogP contribution is 2.31. The number of benzene rings is 2. The van der Waals surface area contributed by atoms with Crippen molar-refractivity contribution in [2.75, 3.05) is 39.3 Å². The summed E-state index contributed by atoms with van der Waals surface area (Å²) in [5.41, 5.74) is 4.54. The van der Waals surface area contributed by atoms with Gasteiger partial charge in [0.15, 0.2) is 0 Å². The van der Waals surface area contributed by atoms with Gasteiger partial charge in [0.05, 0.1) is 17.4 Å². The van der Waals surface area contributed by atoms with Gasteiger partial charge in [-0.3, -0.25) is 9.59 Å². The molecule has 2 aliphatic heterocycles. The number of piperazine rings is 1. The van der Waals surface area contributed by atoms with Crippen LogP contribution in [0.1, 0.15) is 60.4 Å². The average Bonchev–Trinajstić information content (AvgIpc) is 3.46. The van der Waals surface area contributed by atoms with Gasteiger partial charge in [-0.1, -0.05) is 35.9 Å². The molecule has 0 unspecified atom stereocenters. The number of likely N-dealkylation sites (tertiary alicyclic amines) is 1. The molecule has 2 fully saturated rings. The maximum atomic E-state index is 13.4. The molecule has 0 saturated carbocycles. The summed E-state index contributed by atoms with van der Waals surface area (Å²) < 4.78 is 28.0. The van der Waals surface area contributed by atoms with Crippen molar-refractivity contribution in [2.45, 2.75) is 69.0 Å². The normalized spacial score (nSPS) is 22.1. The largest absolute Gasteiger partial charge is 0.353 e. The number of hydrogen-bond acceptors (Lipinski definition) is 6. The van der Waals surface area contributed by atoms with E-state index in [1.807, 2.05) is 6.92 Å². The molecule has 3 aliphatic rings. The number of amides is 2. The number of sulfonamides is 1. The third kappa shape index (κ3) is 6.74. The molecule has 2 amide bonds. The van der Waals surface area contributed by atoms with Crippen LogP contribution >= 0.6 is 0 Å². The van der Waals surface area contributed by atoms with Crippen molar-refractivity contribution in [3.8, 4) is 0 Å². The first-order chi connectivity index (χ1) is 19.3. The van der Waals surface area contributed by atoms with Crippen molar-refractivity contribution in [3.05, 3.63) is 64.7 Å². The van der Waals surface area contributed by atoms with E-state index in [-0.39, 0.29) is 36.4 Å². The Hall–Kier alpha value is -2.79. The van der Waals surface area contributed by atoms with Crippen LogP contribution < -0.4 is 16.0 Å². The summed E-state index contributed by atoms with van der Waals surface area (Å²) >= 11 is 0. The predicted octanol–water partition coefficient (Wildman–Crippen LogP) is 2.25. The van der Waals surface area contributed by atoms with E-state index >= 15 is 0 Å². The fourth-order valence-electron chi connectivity index (χ4n) is 6.05. The molecule has 9 nitrogen and oxygen atoms in total. The van der Waals surface area contributed by atoms with Crippen LogP contribution in [0.4, 0.5) is 0 Å². The topological polar surface area (TPSA) is 111 Å². The molecule has 5 rings (SSSR count). The van der Waals surface area contributed by atoms with E-state index in [1.54, 1.807) is 24.3 Å². The first-order valence-corrected chi connectivity index (χ1v) is 16.0. The van der Waals surface area contributed by atoms with Crippen LogP contribution in [0.2, 0.25) is 0 Å². The minimum absolute atomic E-state index is 0.126. The van der Waals surface area contributed by atoms with Crippen LogP contribution in [0.3, 0.4) is 0 Å². The lowest BCUT2D eigenvalue weighted by atomic mass is 9.86. The highest BCUT2D eigenvalue weighted by molar-refractivity contribution is 7.89. The molecule has 10 heteroatoms. The molecule has 40 heavy (non-hydrogen) atoms. The quantitative estimate of drug-likeness (QED) is 0.380. The van der Waals surface area contributed by atoms with Gasteiger partial charge in [0, 0.05) is 32.7 Å². The maximum absolute atomic E-state index is 13.4. The zero-order valence-electron chi connectivity index (χ0n) is 23.3. The maximum Gasteiger partial charge on any atom is 0.243 e. The van der Waals surface area contributed by atoms with E-state index in [0.717, 1.165) is 50.0 Å². The minimum atomic E-state index is -3.92. The zero-order valence-corrected chi connectivity index (χ0v) is 24.1. The number of hydrogen-bond donors (Lipinski definition) is 3. The molecule has 0 spiro atoms. The van der Waals surface area contributed by atoms with Gasteiger partial charge in [-0.05, 0) is 80.9 Å². The summed E-state index contributed by atoms with van der Waals surface area (Å²) in [4.78, 5) is 28.6. The fraction of sp³-hybridized carbons (Fsp3) is 0.533. The van der Waals surface area contributed by atoms with Gasteiger partial charge in [-0.2, -0.15) is 4.31 Å². The number of rotatable bonds is 10. The lowest BCUT2D eigenvalue weighted by Crippen LogP contribution is -2.58. The Morgan fingerprint density at radius 1 is 1.05 bits per heavy atom. The Morgan fingerprint density at radius 3 is 2.60 bits per heavy atom. The van der Waals surface area contributed by atoms with Crippen LogP contribution in [0.25, 0.3) is 0 Å². The van der Waals surface area contributed by atoms with Crippen molar-refractivity contribution in [1.29, 1.82) is 0 Å². The molecule has 1 aliphatic carbocycles. The Kier molecular flexibility index (Phi) is 9.20. The molecule has 2 heterocycles. The molecule has 0 radical (unpaired) electrons. The van der Waals surface area contributed by atoms with Gasteiger partial charge in [-0.25, -0.2) is 8.42 Å². The monoisotopic (exact) mass is 567 g/mol. The lowest BCUT2D eigenvalue weighted by Gasteiger charge is -2.34. The van der Waals surface area contributed by atoms with Gasteiger partial charge in [-0.15, -0.1) is 0 Å². The zero-order chi connectivity index (χ0) is 28.1. The van der Waals surface area contributed by atoms with Gasteiger partial charge in [0.2, 0.25) is 21.8 Å². The van der Waals surface area contributed by atoms with Crippen molar-refractivity contribution in [3.63, 3.8) is 0 Å². The second-order valence-corrected chi connectivity index (χ2v) is 13.1. The highest BCUT2D eigenvalue weighted by atomic mass is 32.2. The molecule has 2 aromatic carbocycles. The molecule has 0 aromatic heterocycles. The molecule has 2 saturated heterocycles. The van der Waals surface area contributed by atoms with Gasteiger partial charge in [0.1, 0.15) is 6.04 Å². The Morgan fingerprint density at radius 2 is 1.82 bits per heavy atom.